The SMILES string of the molecule is C=CC(=O)OCCCOc1ccc(C#Cc2ccc(C#Cc3ccc(OC)cc3)cc2CC)cc1. The second-order valence-electron chi connectivity index (χ2n) is 7.55. The van der Waals surface area contributed by atoms with Crippen molar-refractivity contribution in [3.63, 3.8) is 0 Å². The van der Waals surface area contributed by atoms with Crippen molar-refractivity contribution in [2.75, 3.05) is 20.3 Å². The molecule has 0 atom stereocenters. The first kappa shape index (κ1) is 25.2. The van der Waals surface area contributed by atoms with Gasteiger partial charge in [-0.3, -0.25) is 0 Å². The molecule has 0 saturated carbocycles. The van der Waals surface area contributed by atoms with E-state index in [0.29, 0.717) is 19.6 Å². The van der Waals surface area contributed by atoms with Crippen LogP contribution in [0.3, 0.4) is 0 Å². The van der Waals surface area contributed by atoms with Crippen LogP contribution in [0.15, 0.2) is 79.4 Å². The van der Waals surface area contributed by atoms with Gasteiger partial charge in [0.05, 0.1) is 20.3 Å². The molecule has 0 aliphatic carbocycles. The molecule has 176 valence electrons. The average Bonchev–Trinajstić information content (AvgIpc) is 2.91. The normalized spacial score (nSPS) is 9.66. The van der Waals surface area contributed by atoms with Gasteiger partial charge in [0.15, 0.2) is 0 Å². The Hall–Kier alpha value is -4.41. The summed E-state index contributed by atoms with van der Waals surface area (Å²) in [6.07, 6.45) is 2.63. The molecule has 0 aliphatic heterocycles. The number of rotatable bonds is 8. The Morgan fingerprint density at radius 1 is 0.829 bits per heavy atom. The fourth-order valence-electron chi connectivity index (χ4n) is 3.16. The van der Waals surface area contributed by atoms with Gasteiger partial charge in [-0.1, -0.05) is 37.2 Å². The lowest BCUT2D eigenvalue weighted by molar-refractivity contribution is -0.137. The van der Waals surface area contributed by atoms with Crippen LogP contribution in [-0.2, 0) is 16.0 Å². The molecule has 0 N–H and O–H groups in total. The molecular formula is C31H28O4. The van der Waals surface area contributed by atoms with E-state index in [1.54, 1.807) is 7.11 Å². The van der Waals surface area contributed by atoms with Crippen molar-refractivity contribution in [2.24, 2.45) is 0 Å². The maximum Gasteiger partial charge on any atom is 0.330 e. The summed E-state index contributed by atoms with van der Waals surface area (Å²) in [5.41, 5.74) is 4.97. The molecule has 3 rings (SSSR count). The van der Waals surface area contributed by atoms with Gasteiger partial charge in [0.2, 0.25) is 0 Å². The van der Waals surface area contributed by atoms with Crippen molar-refractivity contribution in [1.82, 2.24) is 0 Å². The molecule has 0 spiro atoms. The lowest BCUT2D eigenvalue weighted by atomic mass is 10.0. The highest BCUT2D eigenvalue weighted by Gasteiger charge is 2.01. The van der Waals surface area contributed by atoms with Gasteiger partial charge in [0.25, 0.3) is 0 Å². The number of esters is 1. The minimum Gasteiger partial charge on any atom is -0.497 e. The van der Waals surface area contributed by atoms with Crippen molar-refractivity contribution >= 4 is 5.97 Å². The van der Waals surface area contributed by atoms with Crippen molar-refractivity contribution in [1.29, 1.82) is 0 Å². The third kappa shape index (κ3) is 8.14. The Labute approximate surface area is 207 Å². The molecule has 0 bridgehead atoms. The first-order valence-corrected chi connectivity index (χ1v) is 11.4. The lowest BCUT2D eigenvalue weighted by Crippen LogP contribution is -2.06. The van der Waals surface area contributed by atoms with Gasteiger partial charge < -0.3 is 14.2 Å². The highest BCUT2D eigenvalue weighted by atomic mass is 16.5. The number of hydrogen-bond acceptors (Lipinski definition) is 4. The molecule has 0 aromatic heterocycles. The molecule has 0 heterocycles. The van der Waals surface area contributed by atoms with E-state index in [0.717, 1.165) is 51.8 Å². The summed E-state index contributed by atoms with van der Waals surface area (Å²) in [5, 5.41) is 0. The van der Waals surface area contributed by atoms with Gasteiger partial charge in [-0.05, 0) is 78.7 Å². The molecule has 35 heavy (non-hydrogen) atoms. The monoisotopic (exact) mass is 464 g/mol. The van der Waals surface area contributed by atoms with Crippen LogP contribution in [0.25, 0.3) is 0 Å². The van der Waals surface area contributed by atoms with Gasteiger partial charge in [0, 0.05) is 34.8 Å². The van der Waals surface area contributed by atoms with Gasteiger partial charge in [-0.2, -0.15) is 0 Å². The van der Waals surface area contributed by atoms with Crippen molar-refractivity contribution in [2.45, 2.75) is 19.8 Å². The third-order valence-corrected chi connectivity index (χ3v) is 5.09. The Morgan fingerprint density at radius 3 is 2.06 bits per heavy atom. The summed E-state index contributed by atoms with van der Waals surface area (Å²) in [4.78, 5) is 11.0. The van der Waals surface area contributed by atoms with E-state index in [4.69, 9.17) is 14.2 Å². The fourth-order valence-corrected chi connectivity index (χ4v) is 3.16. The van der Waals surface area contributed by atoms with Crippen LogP contribution in [0.1, 0.15) is 41.2 Å². The number of carbonyl (C=O) groups is 1. The third-order valence-electron chi connectivity index (χ3n) is 5.09. The average molecular weight is 465 g/mol. The summed E-state index contributed by atoms with van der Waals surface area (Å²) in [6, 6.07) is 21.5. The summed E-state index contributed by atoms with van der Waals surface area (Å²) in [5.74, 6) is 14.1. The minimum atomic E-state index is -0.421. The van der Waals surface area contributed by atoms with Gasteiger partial charge in [-0.15, -0.1) is 0 Å². The maximum atomic E-state index is 11.0. The number of hydrogen-bond donors (Lipinski definition) is 0. The molecule has 3 aromatic carbocycles. The van der Waals surface area contributed by atoms with E-state index >= 15 is 0 Å². The molecule has 0 radical (unpaired) electrons. The predicted molar refractivity (Wildman–Crippen MR) is 138 cm³/mol. The van der Waals surface area contributed by atoms with E-state index in [1.807, 2.05) is 60.7 Å². The van der Waals surface area contributed by atoms with Crippen molar-refractivity contribution < 1.29 is 19.0 Å². The molecule has 0 unspecified atom stereocenters. The van der Waals surface area contributed by atoms with E-state index in [-0.39, 0.29) is 0 Å². The molecule has 0 saturated heterocycles. The Balaban J connectivity index is 1.60. The van der Waals surface area contributed by atoms with Crippen LogP contribution < -0.4 is 9.47 Å². The number of aryl methyl sites for hydroxylation is 1. The summed E-state index contributed by atoms with van der Waals surface area (Å²) < 4.78 is 15.8. The van der Waals surface area contributed by atoms with Crippen LogP contribution in [-0.4, -0.2) is 26.3 Å². The highest BCUT2D eigenvalue weighted by Crippen LogP contribution is 2.15. The Kier molecular flexibility index (Phi) is 9.61. The molecule has 0 fully saturated rings. The number of carbonyl (C=O) groups excluding carboxylic acids is 1. The topological polar surface area (TPSA) is 44.8 Å². The number of benzene rings is 3. The Morgan fingerprint density at radius 2 is 1.43 bits per heavy atom. The molecule has 3 aromatic rings. The molecule has 0 aliphatic rings. The van der Waals surface area contributed by atoms with Gasteiger partial charge >= 0.3 is 5.97 Å². The summed E-state index contributed by atoms with van der Waals surface area (Å²) in [7, 11) is 1.65. The van der Waals surface area contributed by atoms with E-state index in [2.05, 4.69) is 43.3 Å². The largest absolute Gasteiger partial charge is 0.497 e. The quantitative estimate of drug-likeness (QED) is 0.190. The van der Waals surface area contributed by atoms with Crippen molar-refractivity contribution in [3.05, 3.63) is 107 Å². The first-order valence-electron chi connectivity index (χ1n) is 11.4. The summed E-state index contributed by atoms with van der Waals surface area (Å²) in [6.45, 7) is 6.24. The van der Waals surface area contributed by atoms with Crippen LogP contribution >= 0.6 is 0 Å². The smallest absolute Gasteiger partial charge is 0.330 e. The van der Waals surface area contributed by atoms with Crippen LogP contribution in [0.2, 0.25) is 0 Å². The van der Waals surface area contributed by atoms with E-state index in [9.17, 15) is 4.79 Å². The second kappa shape index (κ2) is 13.3. The molecular weight excluding hydrogens is 436 g/mol. The standard InChI is InChI=1S/C31H28O4/c1-4-27-23-26(8-7-24-11-17-29(33-3)18-12-24)10-16-28(27)15-9-25-13-19-30(20-14-25)34-21-6-22-35-31(32)5-2/h5,10-14,16-20,23H,2,4,6,21-22H2,1,3H3. The number of methoxy groups -OCH3 is 1. The predicted octanol–water partition coefficient (Wildman–Crippen LogP) is 5.56. The van der Waals surface area contributed by atoms with Crippen LogP contribution in [0.4, 0.5) is 0 Å². The molecule has 4 nitrogen and oxygen atoms in total. The highest BCUT2D eigenvalue weighted by molar-refractivity contribution is 5.81. The lowest BCUT2D eigenvalue weighted by Gasteiger charge is -2.06. The van der Waals surface area contributed by atoms with E-state index < -0.39 is 5.97 Å². The zero-order valence-corrected chi connectivity index (χ0v) is 20.1. The summed E-state index contributed by atoms with van der Waals surface area (Å²) >= 11 is 0. The van der Waals surface area contributed by atoms with Gasteiger partial charge in [0.1, 0.15) is 11.5 Å². The zero-order chi connectivity index (χ0) is 24.9. The van der Waals surface area contributed by atoms with Crippen molar-refractivity contribution in [3.8, 4) is 35.2 Å². The maximum absolute atomic E-state index is 11.0. The molecule has 4 heteroatoms. The minimum absolute atomic E-state index is 0.306. The second-order valence-corrected chi connectivity index (χ2v) is 7.55. The van der Waals surface area contributed by atoms with Crippen LogP contribution in [0, 0.1) is 23.7 Å². The van der Waals surface area contributed by atoms with E-state index in [1.165, 1.54) is 0 Å². The first-order chi connectivity index (χ1) is 17.1. The van der Waals surface area contributed by atoms with Crippen LogP contribution in [0.5, 0.6) is 11.5 Å². The number of ether oxygens (including phenoxy) is 3. The Bertz CT molecular complexity index is 1260. The van der Waals surface area contributed by atoms with Gasteiger partial charge in [-0.25, -0.2) is 4.79 Å². The fraction of sp³-hybridized carbons (Fsp3) is 0.194. The zero-order valence-electron chi connectivity index (χ0n) is 20.1. The molecule has 0 amide bonds.